The van der Waals surface area contributed by atoms with Gasteiger partial charge in [-0.2, -0.15) is 0 Å². The van der Waals surface area contributed by atoms with Crippen molar-refractivity contribution < 1.29 is 14.3 Å². The van der Waals surface area contributed by atoms with Crippen LogP contribution in [0.5, 0.6) is 5.75 Å². The summed E-state index contributed by atoms with van der Waals surface area (Å²) in [5.74, 6) is 1.44. The van der Waals surface area contributed by atoms with Crippen molar-refractivity contribution >= 4 is 5.91 Å². The van der Waals surface area contributed by atoms with Crippen LogP contribution >= 0.6 is 0 Å². The Balaban J connectivity index is 1.72. The Morgan fingerprint density at radius 1 is 1.44 bits per heavy atom. The van der Waals surface area contributed by atoms with Crippen LogP contribution in [0.1, 0.15) is 17.9 Å². The summed E-state index contributed by atoms with van der Waals surface area (Å²) >= 11 is 0. The summed E-state index contributed by atoms with van der Waals surface area (Å²) in [6, 6.07) is 8.06. The average Bonchev–Trinajstić information content (AvgIpc) is 3.15. The van der Waals surface area contributed by atoms with Gasteiger partial charge < -0.3 is 14.4 Å². The van der Waals surface area contributed by atoms with E-state index in [-0.39, 0.29) is 12.0 Å². The minimum Gasteiger partial charge on any atom is -0.496 e. The number of likely N-dealkylation sites (tertiary alicyclic amines) is 1. The van der Waals surface area contributed by atoms with Crippen molar-refractivity contribution in [3.05, 3.63) is 29.8 Å². The minimum absolute atomic E-state index is 0.146. The molecule has 2 atom stereocenters. The summed E-state index contributed by atoms with van der Waals surface area (Å²) in [6.45, 7) is 2.19. The van der Waals surface area contributed by atoms with E-state index in [1.165, 1.54) is 5.56 Å². The van der Waals surface area contributed by atoms with Gasteiger partial charge in [-0.25, -0.2) is 0 Å². The van der Waals surface area contributed by atoms with Crippen LogP contribution in [0.2, 0.25) is 0 Å². The Hall–Kier alpha value is -1.55. The predicted molar refractivity (Wildman–Crippen MR) is 66.7 cm³/mol. The molecule has 0 saturated carbocycles. The Morgan fingerprint density at radius 3 is 2.94 bits per heavy atom. The smallest absolute Gasteiger partial charge is 0.254 e. The molecule has 2 aliphatic heterocycles. The first kappa shape index (κ1) is 11.5. The highest BCUT2D eigenvalue weighted by molar-refractivity contribution is 5.83. The number of para-hydroxylation sites is 1. The SMILES string of the molecule is COc1ccccc1C1CCN(C(=O)C2CO2)C1. The van der Waals surface area contributed by atoms with E-state index < -0.39 is 0 Å². The lowest BCUT2D eigenvalue weighted by Crippen LogP contribution is -2.32. The Kier molecular flexibility index (Phi) is 2.96. The molecule has 2 saturated heterocycles. The van der Waals surface area contributed by atoms with Crippen molar-refractivity contribution in [3.8, 4) is 5.75 Å². The van der Waals surface area contributed by atoms with Crippen LogP contribution < -0.4 is 4.74 Å². The summed E-state index contributed by atoms with van der Waals surface area (Å²) in [7, 11) is 1.69. The number of hydrogen-bond acceptors (Lipinski definition) is 3. The van der Waals surface area contributed by atoms with E-state index in [0.717, 1.165) is 25.3 Å². The third kappa shape index (κ3) is 2.08. The van der Waals surface area contributed by atoms with Gasteiger partial charge >= 0.3 is 0 Å². The zero-order valence-corrected chi connectivity index (χ0v) is 10.5. The standard InChI is InChI=1S/C14H17NO3/c1-17-12-5-3-2-4-11(12)10-6-7-15(8-10)14(16)13-9-18-13/h2-5,10,13H,6-9H2,1H3. The lowest BCUT2D eigenvalue weighted by molar-refractivity contribution is -0.131. The maximum Gasteiger partial charge on any atom is 0.254 e. The van der Waals surface area contributed by atoms with Gasteiger partial charge in [0.1, 0.15) is 5.75 Å². The minimum atomic E-state index is -0.165. The van der Waals surface area contributed by atoms with Crippen molar-refractivity contribution in [2.45, 2.75) is 18.4 Å². The number of methoxy groups -OCH3 is 1. The molecule has 18 heavy (non-hydrogen) atoms. The molecule has 2 aliphatic rings. The van der Waals surface area contributed by atoms with Gasteiger partial charge in [-0.15, -0.1) is 0 Å². The Bertz CT molecular complexity index is 456. The van der Waals surface area contributed by atoms with Gasteiger partial charge in [-0.05, 0) is 18.1 Å². The highest BCUT2D eigenvalue weighted by Crippen LogP contribution is 2.34. The molecule has 1 amide bonds. The van der Waals surface area contributed by atoms with Crippen molar-refractivity contribution in [2.75, 3.05) is 26.8 Å². The van der Waals surface area contributed by atoms with E-state index >= 15 is 0 Å². The topological polar surface area (TPSA) is 42.1 Å². The lowest BCUT2D eigenvalue weighted by Gasteiger charge is -2.17. The molecule has 0 N–H and O–H groups in total. The summed E-state index contributed by atoms with van der Waals surface area (Å²) < 4.78 is 10.4. The quantitative estimate of drug-likeness (QED) is 0.758. The zero-order chi connectivity index (χ0) is 12.5. The number of rotatable bonds is 3. The molecule has 4 heteroatoms. The second-order valence-corrected chi connectivity index (χ2v) is 4.83. The van der Waals surface area contributed by atoms with Gasteiger partial charge in [0.2, 0.25) is 0 Å². The van der Waals surface area contributed by atoms with Crippen molar-refractivity contribution in [3.63, 3.8) is 0 Å². The molecule has 1 aromatic carbocycles. The molecule has 1 aromatic rings. The molecule has 0 spiro atoms. The van der Waals surface area contributed by atoms with E-state index in [2.05, 4.69) is 6.07 Å². The predicted octanol–water partition coefficient (Wildman–Crippen LogP) is 1.41. The van der Waals surface area contributed by atoms with E-state index in [1.54, 1.807) is 7.11 Å². The van der Waals surface area contributed by atoms with Gasteiger partial charge in [-0.1, -0.05) is 18.2 Å². The molecule has 2 unspecified atom stereocenters. The van der Waals surface area contributed by atoms with Crippen LogP contribution in [0.3, 0.4) is 0 Å². The number of epoxide rings is 1. The van der Waals surface area contributed by atoms with Crippen LogP contribution in [0.4, 0.5) is 0 Å². The molecule has 2 fully saturated rings. The van der Waals surface area contributed by atoms with E-state index in [9.17, 15) is 4.79 Å². The number of benzene rings is 1. The van der Waals surface area contributed by atoms with Crippen LogP contribution in [-0.4, -0.2) is 43.7 Å². The van der Waals surface area contributed by atoms with Gasteiger partial charge in [0, 0.05) is 19.0 Å². The third-order valence-electron chi connectivity index (χ3n) is 3.69. The lowest BCUT2D eigenvalue weighted by atomic mass is 9.97. The van der Waals surface area contributed by atoms with Crippen molar-refractivity contribution in [1.82, 2.24) is 4.90 Å². The van der Waals surface area contributed by atoms with Crippen molar-refractivity contribution in [1.29, 1.82) is 0 Å². The van der Waals surface area contributed by atoms with Crippen LogP contribution in [-0.2, 0) is 9.53 Å². The normalized spacial score (nSPS) is 26.2. The Labute approximate surface area is 106 Å². The number of ether oxygens (including phenoxy) is 2. The van der Waals surface area contributed by atoms with Gasteiger partial charge in [0.25, 0.3) is 5.91 Å². The van der Waals surface area contributed by atoms with Gasteiger partial charge in [0.15, 0.2) is 6.10 Å². The molecule has 4 nitrogen and oxygen atoms in total. The second kappa shape index (κ2) is 4.61. The molecular weight excluding hydrogens is 230 g/mol. The molecule has 2 heterocycles. The first-order valence-corrected chi connectivity index (χ1v) is 6.33. The van der Waals surface area contributed by atoms with Gasteiger partial charge in [0.05, 0.1) is 13.7 Å². The Morgan fingerprint density at radius 2 is 2.22 bits per heavy atom. The maximum absolute atomic E-state index is 11.9. The molecule has 0 radical (unpaired) electrons. The second-order valence-electron chi connectivity index (χ2n) is 4.83. The largest absolute Gasteiger partial charge is 0.496 e. The fourth-order valence-electron chi connectivity index (χ4n) is 2.61. The summed E-state index contributed by atoms with van der Waals surface area (Å²) in [6.07, 6.45) is 0.833. The fourth-order valence-corrected chi connectivity index (χ4v) is 2.61. The molecule has 0 aliphatic carbocycles. The van der Waals surface area contributed by atoms with E-state index in [0.29, 0.717) is 12.5 Å². The number of carbonyl (C=O) groups is 1. The molecule has 3 rings (SSSR count). The van der Waals surface area contributed by atoms with Crippen molar-refractivity contribution in [2.24, 2.45) is 0 Å². The summed E-state index contributed by atoms with van der Waals surface area (Å²) in [5, 5.41) is 0. The van der Waals surface area contributed by atoms with Crippen LogP contribution in [0.25, 0.3) is 0 Å². The van der Waals surface area contributed by atoms with E-state index in [1.807, 2.05) is 23.1 Å². The first-order valence-electron chi connectivity index (χ1n) is 6.33. The van der Waals surface area contributed by atoms with E-state index in [4.69, 9.17) is 9.47 Å². The maximum atomic E-state index is 11.9. The highest BCUT2D eigenvalue weighted by atomic mass is 16.6. The zero-order valence-electron chi connectivity index (χ0n) is 10.5. The summed E-state index contributed by atoms with van der Waals surface area (Å²) in [4.78, 5) is 13.8. The number of carbonyl (C=O) groups excluding carboxylic acids is 1. The fraction of sp³-hybridized carbons (Fsp3) is 0.500. The average molecular weight is 247 g/mol. The monoisotopic (exact) mass is 247 g/mol. The summed E-state index contributed by atoms with van der Waals surface area (Å²) in [5.41, 5.74) is 1.20. The number of nitrogens with zero attached hydrogens (tertiary/aromatic N) is 1. The van der Waals surface area contributed by atoms with Crippen LogP contribution in [0.15, 0.2) is 24.3 Å². The molecule has 96 valence electrons. The highest BCUT2D eigenvalue weighted by Gasteiger charge is 2.38. The first-order chi connectivity index (χ1) is 8.79. The van der Waals surface area contributed by atoms with Crippen LogP contribution in [0, 0.1) is 0 Å². The van der Waals surface area contributed by atoms with Gasteiger partial charge in [-0.3, -0.25) is 4.79 Å². The number of hydrogen-bond donors (Lipinski definition) is 0. The number of amides is 1. The molecule has 0 bridgehead atoms. The molecular formula is C14H17NO3. The third-order valence-corrected chi connectivity index (χ3v) is 3.69. The molecule has 0 aromatic heterocycles.